The molecule has 0 aliphatic carbocycles. The van der Waals surface area contributed by atoms with Gasteiger partial charge < -0.3 is 5.73 Å². The van der Waals surface area contributed by atoms with Gasteiger partial charge in [-0.2, -0.15) is 0 Å². The molecule has 48 valence electrons. The maximum Gasteiger partial charge on any atom is 0.234 e. The Morgan fingerprint density at radius 1 is 1.88 bits per heavy atom. The van der Waals surface area contributed by atoms with Gasteiger partial charge >= 0.3 is 0 Å². The van der Waals surface area contributed by atoms with Gasteiger partial charge in [-0.25, -0.2) is 0 Å². The van der Waals surface area contributed by atoms with E-state index in [1.165, 1.54) is 4.90 Å². The van der Waals surface area contributed by atoms with E-state index < -0.39 is 11.9 Å². The molecular formula is C5H12N2O. The topological polar surface area (TPSA) is 46.3 Å². The second-order valence-corrected chi connectivity index (χ2v) is 1.67. The summed E-state index contributed by atoms with van der Waals surface area (Å²) >= 11 is 0. The van der Waals surface area contributed by atoms with Gasteiger partial charge in [0.1, 0.15) is 0 Å². The van der Waals surface area contributed by atoms with Crippen LogP contribution in [0.4, 0.5) is 0 Å². The van der Waals surface area contributed by atoms with E-state index in [2.05, 4.69) is 0 Å². The Labute approximate surface area is 52.3 Å². The fourth-order valence-electron chi connectivity index (χ4n) is 0.180. The summed E-state index contributed by atoms with van der Waals surface area (Å²) in [4.78, 5) is 11.8. The first-order valence-electron chi connectivity index (χ1n) is 3.66. The van der Waals surface area contributed by atoms with Gasteiger partial charge in [-0.1, -0.05) is 0 Å². The third-order valence-electron chi connectivity index (χ3n) is 0.959. The number of amides is 1. The highest BCUT2D eigenvalue weighted by Crippen LogP contribution is 1.86. The molecule has 8 heavy (non-hydrogen) atoms. The molecule has 0 aliphatic heterocycles. The maximum absolute atomic E-state index is 10.5. The lowest BCUT2D eigenvalue weighted by Crippen LogP contribution is -2.37. The van der Waals surface area contributed by atoms with Crippen LogP contribution in [0.2, 0.25) is 0 Å². The Morgan fingerprint density at radius 2 is 2.38 bits per heavy atom. The Bertz CT molecular complexity index is 116. The van der Waals surface area contributed by atoms with Crippen LogP contribution >= 0.6 is 0 Å². The second-order valence-electron chi connectivity index (χ2n) is 1.67. The lowest BCUT2D eigenvalue weighted by Gasteiger charge is -2.14. The highest BCUT2D eigenvalue weighted by Gasteiger charge is 2.08. The number of nitrogens with zero attached hydrogens (tertiary/aromatic N) is 1. The van der Waals surface area contributed by atoms with E-state index in [1.807, 2.05) is 0 Å². The van der Waals surface area contributed by atoms with Crippen molar-refractivity contribution >= 4 is 5.91 Å². The van der Waals surface area contributed by atoms with Gasteiger partial charge in [0.05, 0.1) is 6.04 Å². The van der Waals surface area contributed by atoms with Gasteiger partial charge in [0.25, 0.3) is 0 Å². The average Bonchev–Trinajstić information content (AvgIpc) is 1.90. The van der Waals surface area contributed by atoms with Gasteiger partial charge in [0.2, 0.25) is 5.91 Å². The SMILES string of the molecule is [2H]CN(C[2H])[C@@H](C)C(N)=O. The second kappa shape index (κ2) is 2.67. The standard InChI is InChI=1S/C5H12N2O/c1-4(5(6)8)7(2)3/h4H,1-3H3,(H2,6,8)/t4-/m0/s1/i2D,3D. The predicted octanol–water partition coefficient (Wildman–Crippen LogP) is -0.578. The summed E-state index contributed by atoms with van der Waals surface area (Å²) in [5, 5.41) is 0. The Kier molecular flexibility index (Phi) is 1.44. The van der Waals surface area contributed by atoms with Crippen LogP contribution < -0.4 is 5.73 Å². The first-order valence-corrected chi connectivity index (χ1v) is 2.25. The molecule has 0 aliphatic rings. The number of hydrogen-bond acceptors (Lipinski definition) is 2. The number of primary amides is 1. The van der Waals surface area contributed by atoms with Crippen LogP contribution in [0.25, 0.3) is 0 Å². The van der Waals surface area contributed by atoms with Crippen molar-refractivity contribution in [3.63, 3.8) is 0 Å². The van der Waals surface area contributed by atoms with Crippen LogP contribution in [0.5, 0.6) is 0 Å². The molecule has 0 aromatic carbocycles. The summed E-state index contributed by atoms with van der Waals surface area (Å²) in [5.41, 5.74) is 4.94. The summed E-state index contributed by atoms with van der Waals surface area (Å²) in [7, 11) is -0.124. The van der Waals surface area contributed by atoms with Crippen LogP contribution in [0, 0.1) is 0 Å². The number of carbonyl (C=O) groups excluding carboxylic acids is 1. The summed E-state index contributed by atoms with van der Waals surface area (Å²) < 4.78 is 13.8. The van der Waals surface area contributed by atoms with Crippen molar-refractivity contribution in [2.24, 2.45) is 5.73 Å². The van der Waals surface area contributed by atoms with Gasteiger partial charge in [0, 0.05) is 2.74 Å². The van der Waals surface area contributed by atoms with Gasteiger partial charge in [-0.05, 0) is 21.0 Å². The van der Waals surface area contributed by atoms with Gasteiger partial charge in [-0.15, -0.1) is 0 Å². The van der Waals surface area contributed by atoms with E-state index in [9.17, 15) is 4.79 Å². The minimum Gasteiger partial charge on any atom is -0.368 e. The summed E-state index contributed by atoms with van der Waals surface area (Å²) in [5.74, 6) is -0.487. The zero-order valence-corrected chi connectivity index (χ0v) is 4.92. The van der Waals surface area contributed by atoms with Crippen LogP contribution in [-0.2, 0) is 4.79 Å². The van der Waals surface area contributed by atoms with Crippen molar-refractivity contribution in [1.82, 2.24) is 4.90 Å². The normalized spacial score (nSPS) is 17.2. The van der Waals surface area contributed by atoms with Crippen molar-refractivity contribution in [2.75, 3.05) is 14.0 Å². The van der Waals surface area contributed by atoms with Crippen molar-refractivity contribution in [3.05, 3.63) is 0 Å². The highest BCUT2D eigenvalue weighted by molar-refractivity contribution is 5.79. The average molecular weight is 118 g/mol. The molecule has 0 bridgehead atoms. The fraction of sp³-hybridized carbons (Fsp3) is 0.800. The Balaban J connectivity index is 3.88. The van der Waals surface area contributed by atoms with E-state index in [0.717, 1.165) is 0 Å². The Hall–Kier alpha value is -0.570. The molecule has 3 nitrogen and oxygen atoms in total. The summed E-state index contributed by atoms with van der Waals surface area (Å²) in [6, 6.07) is -0.505. The van der Waals surface area contributed by atoms with E-state index in [4.69, 9.17) is 8.48 Å². The van der Waals surface area contributed by atoms with Crippen LogP contribution in [0.15, 0.2) is 0 Å². The van der Waals surface area contributed by atoms with E-state index >= 15 is 0 Å². The van der Waals surface area contributed by atoms with E-state index in [0.29, 0.717) is 0 Å². The number of likely N-dealkylation sites (N-methyl/N-ethyl adjacent to an activating group) is 1. The Morgan fingerprint density at radius 3 is 2.50 bits per heavy atom. The molecule has 0 saturated heterocycles. The first-order chi connectivity index (χ1) is 4.63. The molecule has 0 rings (SSSR count). The molecule has 0 heterocycles. The molecule has 1 atom stereocenters. The van der Waals surface area contributed by atoms with Crippen LogP contribution in [0.1, 0.15) is 9.67 Å². The summed E-state index contributed by atoms with van der Waals surface area (Å²) in [6.07, 6.45) is 0. The van der Waals surface area contributed by atoms with Crippen molar-refractivity contribution in [2.45, 2.75) is 13.0 Å². The van der Waals surface area contributed by atoms with Crippen LogP contribution in [0.3, 0.4) is 0 Å². The molecule has 3 heteroatoms. The third kappa shape index (κ3) is 1.93. The quantitative estimate of drug-likeness (QED) is 0.527. The first kappa shape index (κ1) is 4.32. The molecule has 0 saturated carbocycles. The monoisotopic (exact) mass is 118 g/mol. The van der Waals surface area contributed by atoms with Crippen molar-refractivity contribution in [3.8, 4) is 0 Å². The number of rotatable bonds is 2. The lowest BCUT2D eigenvalue weighted by molar-refractivity contribution is -0.121. The minimum absolute atomic E-state index is 0.0619. The third-order valence-corrected chi connectivity index (χ3v) is 0.959. The van der Waals surface area contributed by atoms with Gasteiger partial charge in [-0.3, -0.25) is 9.69 Å². The molecule has 0 spiro atoms. The molecule has 0 unspecified atom stereocenters. The molecule has 0 aromatic rings. The molecule has 0 aromatic heterocycles. The van der Waals surface area contributed by atoms with E-state index in [-0.39, 0.29) is 14.0 Å². The molecule has 0 fully saturated rings. The minimum atomic E-state index is -0.505. The molecular weight excluding hydrogens is 104 g/mol. The number of carbonyl (C=O) groups is 1. The predicted molar refractivity (Wildman–Crippen MR) is 32.3 cm³/mol. The molecule has 2 N–H and O–H groups in total. The largest absolute Gasteiger partial charge is 0.368 e. The van der Waals surface area contributed by atoms with Crippen molar-refractivity contribution < 1.29 is 7.54 Å². The molecule has 1 amide bonds. The lowest BCUT2D eigenvalue weighted by atomic mass is 10.3. The molecule has 0 radical (unpaired) electrons. The van der Waals surface area contributed by atoms with Crippen molar-refractivity contribution in [1.29, 1.82) is 0 Å². The zero-order chi connectivity index (χ0) is 8.15. The zero-order valence-electron chi connectivity index (χ0n) is 6.92. The summed E-state index contributed by atoms with van der Waals surface area (Å²) in [6.45, 7) is 1.59. The smallest absolute Gasteiger partial charge is 0.234 e. The van der Waals surface area contributed by atoms with Gasteiger partial charge in [0.15, 0.2) is 0 Å². The maximum atomic E-state index is 10.5. The van der Waals surface area contributed by atoms with E-state index in [1.54, 1.807) is 6.92 Å². The number of nitrogens with two attached hydrogens (primary N) is 1. The van der Waals surface area contributed by atoms with Crippen LogP contribution in [-0.4, -0.2) is 30.9 Å². The number of hydrogen-bond donors (Lipinski definition) is 1. The fourth-order valence-corrected chi connectivity index (χ4v) is 0.180. The highest BCUT2D eigenvalue weighted by atomic mass is 16.1.